The highest BCUT2D eigenvalue weighted by Crippen LogP contribution is 2.32. The van der Waals surface area contributed by atoms with Crippen LogP contribution in [0.15, 0.2) is 82.8 Å². The summed E-state index contributed by atoms with van der Waals surface area (Å²) in [5.41, 5.74) is 5.07. The van der Waals surface area contributed by atoms with Crippen molar-refractivity contribution in [3.63, 3.8) is 0 Å². The standard InChI is InChI=1S/C26H19Cl2N3OS/c1-16-6-9-19(10-7-16)29-26-30-25(32)24(33-26)13-18-15-31(23-5-3-2-4-20(18)23)14-17-8-11-21(27)22(28)12-17/h2-13,15H,14H2,1H3,(H,29,30,32)/b24-13-. The number of thioether (sulfide) groups is 1. The number of aliphatic imine (C=N–C) groups is 1. The molecule has 0 unspecified atom stereocenters. The summed E-state index contributed by atoms with van der Waals surface area (Å²) in [4.78, 5) is 17.8. The third-order valence-corrected chi connectivity index (χ3v) is 7.01. The molecular weight excluding hydrogens is 473 g/mol. The lowest BCUT2D eigenvalue weighted by molar-refractivity contribution is -0.115. The van der Waals surface area contributed by atoms with Crippen LogP contribution in [-0.2, 0) is 11.3 Å². The number of halogens is 2. The molecule has 1 fully saturated rings. The van der Waals surface area contributed by atoms with Crippen molar-refractivity contribution in [1.29, 1.82) is 0 Å². The summed E-state index contributed by atoms with van der Waals surface area (Å²) in [6, 6.07) is 21.7. The fourth-order valence-electron chi connectivity index (χ4n) is 3.71. The van der Waals surface area contributed by atoms with E-state index in [1.165, 1.54) is 17.3 Å². The number of carbonyl (C=O) groups excluding carboxylic acids is 1. The van der Waals surface area contributed by atoms with Crippen LogP contribution in [0.2, 0.25) is 10.0 Å². The Morgan fingerprint density at radius 2 is 1.82 bits per heavy atom. The molecule has 4 nitrogen and oxygen atoms in total. The second-order valence-electron chi connectivity index (χ2n) is 7.80. The van der Waals surface area contributed by atoms with Gasteiger partial charge in [-0.1, -0.05) is 65.2 Å². The Morgan fingerprint density at radius 1 is 1.03 bits per heavy atom. The Morgan fingerprint density at radius 3 is 2.61 bits per heavy atom. The monoisotopic (exact) mass is 491 g/mol. The highest BCUT2D eigenvalue weighted by atomic mass is 35.5. The van der Waals surface area contributed by atoms with Crippen LogP contribution in [0.4, 0.5) is 5.69 Å². The maximum Gasteiger partial charge on any atom is 0.264 e. The molecular formula is C26H19Cl2N3OS. The van der Waals surface area contributed by atoms with E-state index in [9.17, 15) is 4.79 Å². The van der Waals surface area contributed by atoms with Gasteiger partial charge in [0.25, 0.3) is 5.91 Å². The summed E-state index contributed by atoms with van der Waals surface area (Å²) in [5.74, 6) is -0.146. The van der Waals surface area contributed by atoms with Crippen LogP contribution < -0.4 is 5.32 Å². The molecule has 0 spiro atoms. The third kappa shape index (κ3) is 4.71. The fraction of sp³-hybridized carbons (Fsp3) is 0.0769. The van der Waals surface area contributed by atoms with Crippen LogP contribution in [0.5, 0.6) is 0 Å². The highest BCUT2D eigenvalue weighted by molar-refractivity contribution is 8.18. The highest BCUT2D eigenvalue weighted by Gasteiger charge is 2.24. The largest absolute Gasteiger partial charge is 0.342 e. The molecule has 1 aliphatic heterocycles. The molecule has 1 aliphatic rings. The number of amidine groups is 1. The van der Waals surface area contributed by atoms with E-state index in [-0.39, 0.29) is 5.91 Å². The minimum Gasteiger partial charge on any atom is -0.342 e. The molecule has 1 aromatic heterocycles. The van der Waals surface area contributed by atoms with E-state index < -0.39 is 0 Å². The first-order valence-corrected chi connectivity index (χ1v) is 11.9. The Kier molecular flexibility index (Phi) is 6.02. The number of benzene rings is 3. The second-order valence-corrected chi connectivity index (χ2v) is 9.64. The van der Waals surface area contributed by atoms with E-state index in [2.05, 4.69) is 33.2 Å². The van der Waals surface area contributed by atoms with E-state index in [4.69, 9.17) is 23.2 Å². The summed E-state index contributed by atoms with van der Waals surface area (Å²) in [6.45, 7) is 2.67. The molecule has 164 valence electrons. The molecule has 2 heterocycles. The van der Waals surface area contributed by atoms with Gasteiger partial charge in [-0.05, 0) is 60.7 Å². The molecule has 0 saturated carbocycles. The molecule has 0 bridgehead atoms. The zero-order valence-corrected chi connectivity index (χ0v) is 20.0. The van der Waals surface area contributed by atoms with Crippen molar-refractivity contribution in [1.82, 2.24) is 9.88 Å². The van der Waals surface area contributed by atoms with E-state index in [0.717, 1.165) is 27.7 Å². The van der Waals surface area contributed by atoms with Gasteiger partial charge in [0, 0.05) is 29.2 Å². The van der Waals surface area contributed by atoms with E-state index in [0.29, 0.717) is 26.7 Å². The summed E-state index contributed by atoms with van der Waals surface area (Å²) in [7, 11) is 0. The number of aryl methyl sites for hydroxylation is 1. The molecule has 33 heavy (non-hydrogen) atoms. The Bertz CT molecular complexity index is 1440. The zero-order valence-electron chi connectivity index (χ0n) is 17.7. The molecule has 4 aromatic rings. The number of nitrogens with zero attached hydrogens (tertiary/aromatic N) is 2. The van der Waals surface area contributed by atoms with Crippen molar-refractivity contribution in [3.8, 4) is 0 Å². The normalized spacial score (nSPS) is 16.2. The number of amides is 1. The fourth-order valence-corrected chi connectivity index (χ4v) is 4.87. The minimum atomic E-state index is -0.146. The first-order valence-electron chi connectivity index (χ1n) is 10.3. The maximum absolute atomic E-state index is 12.6. The van der Waals surface area contributed by atoms with E-state index >= 15 is 0 Å². The number of fused-ring (bicyclic) bond motifs is 1. The van der Waals surface area contributed by atoms with Gasteiger partial charge in [0.2, 0.25) is 0 Å². The molecule has 1 saturated heterocycles. The number of aromatic nitrogens is 1. The van der Waals surface area contributed by atoms with E-state index in [1.54, 1.807) is 0 Å². The number of para-hydroxylation sites is 1. The van der Waals surface area contributed by atoms with Gasteiger partial charge in [0.05, 0.1) is 20.6 Å². The number of rotatable bonds is 4. The Balaban J connectivity index is 1.46. The van der Waals surface area contributed by atoms with Crippen LogP contribution in [-0.4, -0.2) is 15.6 Å². The van der Waals surface area contributed by atoms with Crippen molar-refractivity contribution in [2.45, 2.75) is 13.5 Å². The average Bonchev–Trinajstić information content (AvgIpc) is 3.32. The molecule has 7 heteroatoms. The summed E-state index contributed by atoms with van der Waals surface area (Å²) in [6.07, 6.45) is 3.98. The quantitative estimate of drug-likeness (QED) is 0.307. The predicted octanol–water partition coefficient (Wildman–Crippen LogP) is 7.20. The van der Waals surface area contributed by atoms with Gasteiger partial charge in [-0.25, -0.2) is 4.99 Å². The molecule has 0 atom stereocenters. The number of hydrogen-bond acceptors (Lipinski definition) is 3. The van der Waals surface area contributed by atoms with Crippen LogP contribution in [0.1, 0.15) is 16.7 Å². The smallest absolute Gasteiger partial charge is 0.264 e. The van der Waals surface area contributed by atoms with Gasteiger partial charge >= 0.3 is 0 Å². The van der Waals surface area contributed by atoms with Crippen molar-refractivity contribution in [2.24, 2.45) is 4.99 Å². The first kappa shape index (κ1) is 21.8. The lowest BCUT2D eigenvalue weighted by Crippen LogP contribution is -2.19. The SMILES string of the molecule is Cc1ccc(N=C2NC(=O)/C(=C/c3cn(Cc4ccc(Cl)c(Cl)c4)c4ccccc34)S2)cc1. The number of nitrogens with one attached hydrogen (secondary N) is 1. The van der Waals surface area contributed by atoms with Crippen molar-refractivity contribution < 1.29 is 4.79 Å². The van der Waals surface area contributed by atoms with Gasteiger partial charge in [0.1, 0.15) is 0 Å². The molecule has 1 N–H and O–H groups in total. The molecule has 0 aliphatic carbocycles. The summed E-state index contributed by atoms with van der Waals surface area (Å²) < 4.78 is 2.15. The minimum absolute atomic E-state index is 0.146. The van der Waals surface area contributed by atoms with Crippen LogP contribution >= 0.6 is 35.0 Å². The molecule has 5 rings (SSSR count). The van der Waals surface area contributed by atoms with Gasteiger partial charge in [-0.3, -0.25) is 4.79 Å². The van der Waals surface area contributed by atoms with E-state index in [1.807, 2.05) is 67.6 Å². The zero-order chi connectivity index (χ0) is 22.9. The van der Waals surface area contributed by atoms with Gasteiger partial charge in [0.15, 0.2) is 5.17 Å². The predicted molar refractivity (Wildman–Crippen MR) is 139 cm³/mol. The van der Waals surface area contributed by atoms with Crippen LogP contribution in [0, 0.1) is 6.92 Å². The lowest BCUT2D eigenvalue weighted by Gasteiger charge is -2.06. The maximum atomic E-state index is 12.6. The van der Waals surface area contributed by atoms with Gasteiger partial charge < -0.3 is 9.88 Å². The first-order chi connectivity index (χ1) is 16.0. The van der Waals surface area contributed by atoms with Gasteiger partial charge in [-0.2, -0.15) is 0 Å². The summed E-state index contributed by atoms with van der Waals surface area (Å²) in [5, 5.41) is 5.59. The van der Waals surface area contributed by atoms with Crippen molar-refractivity contribution in [2.75, 3.05) is 0 Å². The Hall–Kier alpha value is -2.99. The van der Waals surface area contributed by atoms with Gasteiger partial charge in [-0.15, -0.1) is 0 Å². The molecule has 0 radical (unpaired) electrons. The lowest BCUT2D eigenvalue weighted by atomic mass is 10.1. The molecule has 1 amide bonds. The summed E-state index contributed by atoms with van der Waals surface area (Å²) >= 11 is 13.6. The molecule has 3 aromatic carbocycles. The number of carbonyl (C=O) groups is 1. The van der Waals surface area contributed by atoms with Crippen LogP contribution in [0.25, 0.3) is 17.0 Å². The third-order valence-electron chi connectivity index (χ3n) is 5.36. The topological polar surface area (TPSA) is 46.4 Å². The Labute approximate surface area is 205 Å². The average molecular weight is 492 g/mol. The second kappa shape index (κ2) is 9.10. The van der Waals surface area contributed by atoms with Crippen LogP contribution in [0.3, 0.4) is 0 Å². The number of hydrogen-bond donors (Lipinski definition) is 1. The van der Waals surface area contributed by atoms with Crippen molar-refractivity contribution >= 4 is 68.7 Å². The van der Waals surface area contributed by atoms with Crippen molar-refractivity contribution in [3.05, 3.63) is 105 Å².